The van der Waals surface area contributed by atoms with Crippen LogP contribution < -0.4 is 10.5 Å². The van der Waals surface area contributed by atoms with Gasteiger partial charge in [0.1, 0.15) is 5.75 Å². The van der Waals surface area contributed by atoms with E-state index in [2.05, 4.69) is 11.9 Å². The first-order valence-corrected chi connectivity index (χ1v) is 6.96. The zero-order valence-electron chi connectivity index (χ0n) is 11.8. The predicted molar refractivity (Wildman–Crippen MR) is 80.8 cm³/mol. The largest absolute Gasteiger partial charge is 0.494 e. The molecule has 2 N–H and O–H groups in total. The number of carbonyl (C=O) groups is 1. The molecule has 1 amide bonds. The van der Waals surface area contributed by atoms with Crippen LogP contribution in [0.3, 0.4) is 0 Å². The van der Waals surface area contributed by atoms with Crippen LogP contribution in [-0.4, -0.2) is 41.0 Å². The minimum atomic E-state index is -0.144. The molecular weight excluding hydrogens is 274 g/mol. The van der Waals surface area contributed by atoms with Crippen LogP contribution in [0.25, 0.3) is 0 Å². The summed E-state index contributed by atoms with van der Waals surface area (Å²) in [7, 11) is 1.54. The zero-order chi connectivity index (χ0) is 14.8. The molecule has 0 spiro atoms. The van der Waals surface area contributed by atoms with Crippen LogP contribution in [0.4, 0.5) is 0 Å². The Morgan fingerprint density at radius 3 is 2.70 bits per heavy atom. The number of nitrogens with zero attached hydrogens (tertiary/aromatic N) is 2. The zero-order valence-corrected chi connectivity index (χ0v) is 12.6. The highest BCUT2D eigenvalue weighted by Crippen LogP contribution is 2.32. The molecule has 1 aliphatic rings. The smallest absolute Gasteiger partial charge is 0.257 e. The molecule has 20 heavy (non-hydrogen) atoms. The Kier molecular flexibility index (Phi) is 4.23. The molecule has 0 bridgehead atoms. The van der Waals surface area contributed by atoms with Crippen molar-refractivity contribution >= 4 is 23.1 Å². The summed E-state index contributed by atoms with van der Waals surface area (Å²) in [5.41, 5.74) is 6.18. The quantitative estimate of drug-likeness (QED) is 0.858. The molecule has 1 aliphatic heterocycles. The normalized spacial score (nSPS) is 17.6. The number of pyridine rings is 1. The molecular formula is C14H19N3O2S. The Bertz CT molecular complexity index is 525. The van der Waals surface area contributed by atoms with E-state index in [-0.39, 0.29) is 11.3 Å². The molecule has 0 aromatic carbocycles. The van der Waals surface area contributed by atoms with Gasteiger partial charge in [-0.2, -0.15) is 0 Å². The first kappa shape index (κ1) is 14.7. The molecule has 108 valence electrons. The van der Waals surface area contributed by atoms with Gasteiger partial charge in [-0.05, 0) is 18.9 Å². The van der Waals surface area contributed by atoms with Gasteiger partial charge >= 0.3 is 0 Å². The summed E-state index contributed by atoms with van der Waals surface area (Å²) in [6, 6.07) is 1.68. The van der Waals surface area contributed by atoms with Crippen molar-refractivity contribution in [2.75, 3.05) is 20.2 Å². The van der Waals surface area contributed by atoms with E-state index in [1.165, 1.54) is 7.11 Å². The number of carbonyl (C=O) groups excluding carboxylic acids is 1. The Labute approximate surface area is 124 Å². The van der Waals surface area contributed by atoms with Crippen LogP contribution >= 0.6 is 12.2 Å². The lowest BCUT2D eigenvalue weighted by Crippen LogP contribution is -2.46. The third kappa shape index (κ3) is 2.75. The Hall–Kier alpha value is -1.69. The third-order valence-corrected chi connectivity index (χ3v) is 4.48. The maximum absolute atomic E-state index is 12.5. The molecule has 1 saturated heterocycles. The lowest BCUT2D eigenvalue weighted by Gasteiger charge is -2.38. The molecule has 2 heterocycles. The van der Waals surface area contributed by atoms with Crippen LogP contribution in [0.5, 0.6) is 5.75 Å². The minimum absolute atomic E-state index is 0.0331. The van der Waals surface area contributed by atoms with Crippen LogP contribution in [0.2, 0.25) is 0 Å². The molecule has 1 aromatic rings. The van der Waals surface area contributed by atoms with Gasteiger partial charge in [-0.25, -0.2) is 0 Å². The molecule has 2 rings (SSSR count). The lowest BCUT2D eigenvalue weighted by molar-refractivity contribution is 0.0666. The van der Waals surface area contributed by atoms with Crippen molar-refractivity contribution in [3.05, 3.63) is 24.0 Å². The van der Waals surface area contributed by atoms with Crippen molar-refractivity contribution in [3.8, 4) is 5.75 Å². The van der Waals surface area contributed by atoms with E-state index in [0.29, 0.717) is 29.4 Å². The van der Waals surface area contributed by atoms with Crippen molar-refractivity contribution in [1.82, 2.24) is 9.88 Å². The second kappa shape index (κ2) is 5.75. The number of likely N-dealkylation sites (tertiary alicyclic amines) is 1. The molecule has 1 fully saturated rings. The molecule has 0 radical (unpaired) electrons. The number of hydrogen-bond acceptors (Lipinski definition) is 4. The van der Waals surface area contributed by atoms with Crippen LogP contribution in [0.15, 0.2) is 18.5 Å². The summed E-state index contributed by atoms with van der Waals surface area (Å²) < 4.78 is 5.19. The van der Waals surface area contributed by atoms with Gasteiger partial charge in [0, 0.05) is 24.7 Å². The van der Waals surface area contributed by atoms with E-state index in [9.17, 15) is 4.79 Å². The Morgan fingerprint density at radius 1 is 1.50 bits per heavy atom. The fourth-order valence-corrected chi connectivity index (χ4v) is 2.54. The summed E-state index contributed by atoms with van der Waals surface area (Å²) in [6.45, 7) is 3.36. The summed E-state index contributed by atoms with van der Waals surface area (Å²) in [5, 5.41) is 0. The van der Waals surface area contributed by atoms with Gasteiger partial charge in [-0.3, -0.25) is 9.78 Å². The van der Waals surface area contributed by atoms with Gasteiger partial charge in [0.2, 0.25) is 0 Å². The summed E-state index contributed by atoms with van der Waals surface area (Å²) in [4.78, 5) is 18.8. The number of thiocarbonyl (C=S) groups is 1. The molecule has 0 aliphatic carbocycles. The molecule has 1 aromatic heterocycles. The first-order chi connectivity index (χ1) is 9.48. The van der Waals surface area contributed by atoms with Gasteiger partial charge in [-0.1, -0.05) is 19.1 Å². The van der Waals surface area contributed by atoms with Crippen molar-refractivity contribution in [2.24, 2.45) is 11.1 Å². The number of ether oxygens (including phenoxy) is 1. The number of methoxy groups -OCH3 is 1. The average molecular weight is 293 g/mol. The fraction of sp³-hybridized carbons (Fsp3) is 0.500. The molecule has 0 atom stereocenters. The van der Waals surface area contributed by atoms with Crippen LogP contribution in [0.1, 0.15) is 30.1 Å². The highest BCUT2D eigenvalue weighted by molar-refractivity contribution is 7.80. The Morgan fingerprint density at radius 2 is 2.15 bits per heavy atom. The van der Waals surface area contributed by atoms with Crippen molar-refractivity contribution in [1.29, 1.82) is 0 Å². The average Bonchev–Trinajstić information content (AvgIpc) is 2.47. The number of piperidine rings is 1. The summed E-state index contributed by atoms with van der Waals surface area (Å²) in [5.74, 6) is 0.467. The van der Waals surface area contributed by atoms with Gasteiger partial charge in [0.15, 0.2) is 0 Å². The lowest BCUT2D eigenvalue weighted by atomic mass is 9.80. The first-order valence-electron chi connectivity index (χ1n) is 6.55. The molecule has 0 saturated carbocycles. The second-order valence-electron chi connectivity index (χ2n) is 5.29. The number of nitrogens with two attached hydrogens (primary N) is 1. The van der Waals surface area contributed by atoms with Gasteiger partial charge in [0.05, 0.1) is 23.9 Å². The molecule has 5 nitrogen and oxygen atoms in total. The SMILES string of the molecule is COc1cnccc1C(=O)N1CCC(C)(C(N)=S)CC1. The van der Waals surface area contributed by atoms with Crippen LogP contribution in [0, 0.1) is 5.41 Å². The van der Waals surface area contributed by atoms with E-state index in [1.54, 1.807) is 18.5 Å². The maximum Gasteiger partial charge on any atom is 0.257 e. The molecule has 0 unspecified atom stereocenters. The summed E-state index contributed by atoms with van der Waals surface area (Å²) >= 11 is 5.11. The van der Waals surface area contributed by atoms with E-state index >= 15 is 0 Å². The third-order valence-electron chi connectivity index (χ3n) is 3.98. The standard InChI is InChI=1S/C14H19N3O2S/c1-14(13(15)20)4-7-17(8-5-14)12(18)10-3-6-16-9-11(10)19-2/h3,6,9H,4-5,7-8H2,1-2H3,(H2,15,20). The molecule has 6 heteroatoms. The Balaban J connectivity index is 2.11. The minimum Gasteiger partial charge on any atom is -0.494 e. The van der Waals surface area contributed by atoms with Gasteiger partial charge < -0.3 is 15.4 Å². The highest BCUT2D eigenvalue weighted by atomic mass is 32.1. The number of hydrogen-bond donors (Lipinski definition) is 1. The second-order valence-corrected chi connectivity index (χ2v) is 5.73. The van der Waals surface area contributed by atoms with E-state index in [1.807, 2.05) is 4.90 Å². The monoisotopic (exact) mass is 293 g/mol. The van der Waals surface area contributed by atoms with E-state index in [0.717, 1.165) is 12.8 Å². The fourth-order valence-electron chi connectivity index (χ4n) is 2.34. The van der Waals surface area contributed by atoms with E-state index in [4.69, 9.17) is 22.7 Å². The van der Waals surface area contributed by atoms with Gasteiger partial charge in [0.25, 0.3) is 5.91 Å². The predicted octanol–water partition coefficient (Wildman–Crippen LogP) is 1.62. The van der Waals surface area contributed by atoms with Crippen molar-refractivity contribution < 1.29 is 9.53 Å². The number of amides is 1. The van der Waals surface area contributed by atoms with Crippen LogP contribution in [-0.2, 0) is 0 Å². The van der Waals surface area contributed by atoms with Crippen molar-refractivity contribution in [3.63, 3.8) is 0 Å². The maximum atomic E-state index is 12.5. The topological polar surface area (TPSA) is 68.5 Å². The van der Waals surface area contributed by atoms with Crippen molar-refractivity contribution in [2.45, 2.75) is 19.8 Å². The highest BCUT2D eigenvalue weighted by Gasteiger charge is 2.34. The summed E-state index contributed by atoms with van der Waals surface area (Å²) in [6.07, 6.45) is 4.73. The van der Waals surface area contributed by atoms with E-state index < -0.39 is 0 Å². The number of rotatable bonds is 3. The van der Waals surface area contributed by atoms with Gasteiger partial charge in [-0.15, -0.1) is 0 Å². The number of aromatic nitrogens is 1.